The van der Waals surface area contributed by atoms with Crippen LogP contribution in [-0.2, 0) is 23.1 Å². The molecule has 4 nitrogen and oxygen atoms in total. The van der Waals surface area contributed by atoms with E-state index < -0.39 is 0 Å². The van der Waals surface area contributed by atoms with E-state index in [0.717, 1.165) is 19.5 Å². The van der Waals surface area contributed by atoms with Gasteiger partial charge in [-0.05, 0) is 25.1 Å². The lowest BCUT2D eigenvalue weighted by Crippen LogP contribution is -2.17. The molecule has 0 amide bonds. The van der Waals surface area contributed by atoms with Crippen LogP contribution in [0.3, 0.4) is 0 Å². The fourth-order valence-electron chi connectivity index (χ4n) is 1.36. The Bertz CT molecular complexity index is 307. The Labute approximate surface area is 90.2 Å². The van der Waals surface area contributed by atoms with Gasteiger partial charge in [0.25, 0.3) is 0 Å². The van der Waals surface area contributed by atoms with Gasteiger partial charge in [-0.2, -0.15) is 0 Å². The smallest absolute Gasteiger partial charge is 0.305 e. The molecule has 0 aliphatic rings. The van der Waals surface area contributed by atoms with Crippen LogP contribution in [0.5, 0.6) is 0 Å². The molecule has 0 aromatic carbocycles. The third kappa shape index (κ3) is 4.16. The number of aryl methyl sites for hydroxylation is 1. The fraction of sp³-hybridized carbons (Fsp3) is 0.545. The summed E-state index contributed by atoms with van der Waals surface area (Å²) in [5.41, 5.74) is 1.24. The van der Waals surface area contributed by atoms with Crippen LogP contribution in [-0.4, -0.2) is 24.2 Å². The van der Waals surface area contributed by atoms with Gasteiger partial charge >= 0.3 is 5.97 Å². The third-order valence-corrected chi connectivity index (χ3v) is 2.32. The Morgan fingerprint density at radius 1 is 1.60 bits per heavy atom. The van der Waals surface area contributed by atoms with Crippen LogP contribution in [0, 0.1) is 0 Å². The molecule has 1 rings (SSSR count). The van der Waals surface area contributed by atoms with E-state index in [2.05, 4.69) is 20.7 Å². The summed E-state index contributed by atoms with van der Waals surface area (Å²) in [7, 11) is 3.44. The summed E-state index contributed by atoms with van der Waals surface area (Å²) in [5, 5.41) is 3.28. The molecule has 0 fully saturated rings. The first-order valence-electron chi connectivity index (χ1n) is 5.12. The Hall–Kier alpha value is -1.29. The highest BCUT2D eigenvalue weighted by Crippen LogP contribution is 1.98. The molecule has 15 heavy (non-hydrogen) atoms. The van der Waals surface area contributed by atoms with Gasteiger partial charge in [-0.15, -0.1) is 0 Å². The molecule has 0 aliphatic carbocycles. The number of nitrogens with zero attached hydrogens (tertiary/aromatic N) is 1. The lowest BCUT2D eigenvalue weighted by Gasteiger charge is -2.05. The van der Waals surface area contributed by atoms with Gasteiger partial charge in [0, 0.05) is 31.9 Å². The topological polar surface area (TPSA) is 43.3 Å². The minimum atomic E-state index is -0.143. The van der Waals surface area contributed by atoms with Gasteiger partial charge in [0.15, 0.2) is 0 Å². The predicted molar refractivity (Wildman–Crippen MR) is 58.4 cm³/mol. The molecule has 1 heterocycles. The average molecular weight is 210 g/mol. The number of methoxy groups -OCH3 is 1. The highest BCUT2D eigenvalue weighted by Gasteiger charge is 1.99. The van der Waals surface area contributed by atoms with Gasteiger partial charge < -0.3 is 14.6 Å². The van der Waals surface area contributed by atoms with Crippen molar-refractivity contribution in [3.63, 3.8) is 0 Å². The highest BCUT2D eigenvalue weighted by atomic mass is 16.5. The maximum atomic E-state index is 10.8. The number of carbonyl (C=O) groups excluding carboxylic acids is 1. The Balaban J connectivity index is 2.07. The van der Waals surface area contributed by atoms with Gasteiger partial charge in [-0.1, -0.05) is 0 Å². The van der Waals surface area contributed by atoms with E-state index in [4.69, 9.17) is 0 Å². The molecule has 0 saturated heterocycles. The summed E-state index contributed by atoms with van der Waals surface area (Å²) in [6.07, 6.45) is 3.32. The van der Waals surface area contributed by atoms with Crippen molar-refractivity contribution in [3.05, 3.63) is 24.0 Å². The van der Waals surface area contributed by atoms with E-state index in [1.165, 1.54) is 12.8 Å². The van der Waals surface area contributed by atoms with Gasteiger partial charge in [0.1, 0.15) is 0 Å². The van der Waals surface area contributed by atoms with E-state index in [1.54, 1.807) is 0 Å². The second-order valence-corrected chi connectivity index (χ2v) is 3.47. The molecule has 0 saturated carbocycles. The molecule has 84 valence electrons. The number of aromatic nitrogens is 1. The fourth-order valence-corrected chi connectivity index (χ4v) is 1.36. The molecule has 1 aromatic rings. The van der Waals surface area contributed by atoms with Crippen LogP contribution in [0.2, 0.25) is 0 Å². The third-order valence-electron chi connectivity index (χ3n) is 2.32. The van der Waals surface area contributed by atoms with Crippen LogP contribution in [0.4, 0.5) is 0 Å². The van der Waals surface area contributed by atoms with Crippen molar-refractivity contribution in [2.45, 2.75) is 19.4 Å². The Kier molecular flexibility index (Phi) is 4.90. The number of ether oxygens (including phenoxy) is 1. The molecule has 0 aliphatic heterocycles. The molecule has 0 radical (unpaired) electrons. The molecule has 4 heteroatoms. The van der Waals surface area contributed by atoms with Crippen LogP contribution < -0.4 is 5.32 Å². The number of hydrogen-bond donors (Lipinski definition) is 1. The van der Waals surface area contributed by atoms with Crippen LogP contribution >= 0.6 is 0 Å². The van der Waals surface area contributed by atoms with Gasteiger partial charge in [-0.3, -0.25) is 4.79 Å². The van der Waals surface area contributed by atoms with E-state index in [-0.39, 0.29) is 5.97 Å². The Morgan fingerprint density at radius 3 is 3.00 bits per heavy atom. The van der Waals surface area contributed by atoms with Crippen molar-refractivity contribution in [2.75, 3.05) is 13.7 Å². The zero-order chi connectivity index (χ0) is 11.1. The maximum Gasteiger partial charge on any atom is 0.305 e. The minimum absolute atomic E-state index is 0.143. The minimum Gasteiger partial charge on any atom is -0.469 e. The SMILES string of the molecule is COC(=O)CCCNCc1cccn1C. The summed E-state index contributed by atoms with van der Waals surface area (Å²) in [6, 6.07) is 4.10. The monoisotopic (exact) mass is 210 g/mol. The summed E-state index contributed by atoms with van der Waals surface area (Å²) >= 11 is 0. The van der Waals surface area contributed by atoms with E-state index >= 15 is 0 Å². The van der Waals surface area contributed by atoms with Gasteiger partial charge in [0.05, 0.1) is 7.11 Å². The van der Waals surface area contributed by atoms with Crippen LogP contribution in [0.25, 0.3) is 0 Å². The van der Waals surface area contributed by atoms with Crippen molar-refractivity contribution in [2.24, 2.45) is 7.05 Å². The van der Waals surface area contributed by atoms with E-state index in [1.807, 2.05) is 19.3 Å². The van der Waals surface area contributed by atoms with Crippen LogP contribution in [0.15, 0.2) is 18.3 Å². The summed E-state index contributed by atoms with van der Waals surface area (Å²) < 4.78 is 6.63. The molecule has 0 spiro atoms. The van der Waals surface area contributed by atoms with E-state index in [9.17, 15) is 4.79 Å². The number of esters is 1. The van der Waals surface area contributed by atoms with Crippen molar-refractivity contribution >= 4 is 5.97 Å². The van der Waals surface area contributed by atoms with Crippen molar-refractivity contribution < 1.29 is 9.53 Å². The normalized spacial score (nSPS) is 10.3. The quantitative estimate of drug-likeness (QED) is 0.564. The summed E-state index contributed by atoms with van der Waals surface area (Å²) in [6.45, 7) is 1.67. The lowest BCUT2D eigenvalue weighted by molar-refractivity contribution is -0.140. The van der Waals surface area contributed by atoms with Gasteiger partial charge in [0.2, 0.25) is 0 Å². The maximum absolute atomic E-state index is 10.8. The second kappa shape index (κ2) is 6.24. The largest absolute Gasteiger partial charge is 0.469 e. The lowest BCUT2D eigenvalue weighted by atomic mass is 10.3. The zero-order valence-electron chi connectivity index (χ0n) is 9.32. The molecule has 0 unspecified atom stereocenters. The van der Waals surface area contributed by atoms with Crippen molar-refractivity contribution in [1.82, 2.24) is 9.88 Å². The average Bonchev–Trinajstić information content (AvgIpc) is 2.63. The summed E-state index contributed by atoms with van der Waals surface area (Å²) in [5.74, 6) is -0.143. The first-order chi connectivity index (χ1) is 7.24. The molecule has 0 bridgehead atoms. The van der Waals surface area contributed by atoms with Crippen LogP contribution in [0.1, 0.15) is 18.5 Å². The summed E-state index contributed by atoms with van der Waals surface area (Å²) in [4.78, 5) is 10.8. The first kappa shape index (κ1) is 11.8. The Morgan fingerprint density at radius 2 is 2.40 bits per heavy atom. The highest BCUT2D eigenvalue weighted by molar-refractivity contribution is 5.69. The molecular weight excluding hydrogens is 192 g/mol. The molecular formula is C11H18N2O2. The van der Waals surface area contributed by atoms with Crippen molar-refractivity contribution in [1.29, 1.82) is 0 Å². The predicted octanol–water partition coefficient (Wildman–Crippen LogP) is 1.07. The number of nitrogens with one attached hydrogen (secondary N) is 1. The standard InChI is InChI=1S/C11H18N2O2/c1-13-8-4-5-10(13)9-12-7-3-6-11(14)15-2/h4-5,8,12H,3,6-7,9H2,1-2H3. The van der Waals surface area contributed by atoms with E-state index in [0.29, 0.717) is 6.42 Å². The molecule has 1 aromatic heterocycles. The molecule has 0 atom stereocenters. The van der Waals surface area contributed by atoms with Crippen molar-refractivity contribution in [3.8, 4) is 0 Å². The second-order valence-electron chi connectivity index (χ2n) is 3.47. The number of rotatable bonds is 6. The zero-order valence-corrected chi connectivity index (χ0v) is 9.32. The first-order valence-corrected chi connectivity index (χ1v) is 5.12. The van der Waals surface area contributed by atoms with Gasteiger partial charge in [-0.25, -0.2) is 0 Å². The molecule has 1 N–H and O–H groups in total. The number of carbonyl (C=O) groups is 1. The number of hydrogen-bond acceptors (Lipinski definition) is 3.